The molecule has 0 saturated heterocycles. The molecule has 3 nitrogen and oxygen atoms in total. The maximum atomic E-state index is 10.9. The Balaban J connectivity index is 2.22. The van der Waals surface area contributed by atoms with E-state index in [9.17, 15) is 10.1 Å². The van der Waals surface area contributed by atoms with E-state index < -0.39 is 5.54 Å². The number of hydrogen-bond donors (Lipinski definition) is 0. The highest BCUT2D eigenvalue weighted by Crippen LogP contribution is 2.55. The second-order valence-corrected chi connectivity index (χ2v) is 3.88. The lowest BCUT2D eigenvalue weighted by molar-refractivity contribution is -0.540. The largest absolute Gasteiger partial charge is 0.264 e. The summed E-state index contributed by atoms with van der Waals surface area (Å²) in [6.07, 6.45) is 1.32. The number of rotatable bonds is 3. The normalized spacial score (nSPS) is 29.9. The molecule has 1 fully saturated rings. The summed E-state index contributed by atoms with van der Waals surface area (Å²) in [6, 6.07) is 9.77. The van der Waals surface area contributed by atoms with Crippen molar-refractivity contribution in [2.45, 2.75) is 31.2 Å². The Labute approximate surface area is 82.9 Å². The molecule has 0 radical (unpaired) electrons. The Hall–Kier alpha value is -1.38. The third-order valence-electron chi connectivity index (χ3n) is 3.22. The molecule has 0 N–H and O–H groups in total. The van der Waals surface area contributed by atoms with E-state index >= 15 is 0 Å². The van der Waals surface area contributed by atoms with Crippen LogP contribution in [0.2, 0.25) is 0 Å². The molecule has 0 spiro atoms. The lowest BCUT2D eigenvalue weighted by atomic mass is 10.1. The molecule has 1 aliphatic carbocycles. The van der Waals surface area contributed by atoms with Gasteiger partial charge in [0.05, 0.1) is 5.92 Å². The third-order valence-corrected chi connectivity index (χ3v) is 3.22. The average Bonchev–Trinajstić information content (AvgIpc) is 2.95. The Kier molecular flexibility index (Phi) is 2.02. The second kappa shape index (κ2) is 3.08. The fourth-order valence-electron chi connectivity index (χ4n) is 2.13. The van der Waals surface area contributed by atoms with Gasteiger partial charge in [-0.25, -0.2) is 0 Å². The standard InChI is InChI=1S/C11H13NO2/c1-2-11(12(13)14)8-10(11)9-6-4-3-5-7-9/h3-7,10H,2,8H2,1H3. The molecule has 2 rings (SSSR count). The van der Waals surface area contributed by atoms with Crippen LogP contribution in [0, 0.1) is 10.1 Å². The Morgan fingerprint density at radius 3 is 2.57 bits per heavy atom. The van der Waals surface area contributed by atoms with E-state index in [1.807, 2.05) is 37.3 Å². The summed E-state index contributed by atoms with van der Waals surface area (Å²) in [7, 11) is 0. The fraction of sp³-hybridized carbons (Fsp3) is 0.455. The van der Waals surface area contributed by atoms with E-state index in [2.05, 4.69) is 0 Å². The Morgan fingerprint density at radius 2 is 2.14 bits per heavy atom. The van der Waals surface area contributed by atoms with Gasteiger partial charge in [-0.3, -0.25) is 10.1 Å². The highest BCUT2D eigenvalue weighted by molar-refractivity contribution is 5.30. The monoisotopic (exact) mass is 191 g/mol. The van der Waals surface area contributed by atoms with Gasteiger partial charge >= 0.3 is 0 Å². The molecule has 2 unspecified atom stereocenters. The molecule has 1 saturated carbocycles. The molecular weight excluding hydrogens is 178 g/mol. The van der Waals surface area contributed by atoms with Crippen LogP contribution in [0.4, 0.5) is 0 Å². The second-order valence-electron chi connectivity index (χ2n) is 3.88. The van der Waals surface area contributed by atoms with Crippen LogP contribution in [0.3, 0.4) is 0 Å². The zero-order valence-electron chi connectivity index (χ0n) is 8.14. The molecule has 0 aromatic heterocycles. The summed E-state index contributed by atoms with van der Waals surface area (Å²) in [5, 5.41) is 10.9. The quantitative estimate of drug-likeness (QED) is 0.544. The number of nitrogens with zero attached hydrogens (tertiary/aromatic N) is 1. The van der Waals surface area contributed by atoms with Gasteiger partial charge in [0, 0.05) is 17.8 Å². The fourth-order valence-corrected chi connectivity index (χ4v) is 2.13. The minimum absolute atomic E-state index is 0.106. The smallest absolute Gasteiger partial charge is 0.229 e. The van der Waals surface area contributed by atoms with E-state index in [1.54, 1.807) is 0 Å². The number of hydrogen-bond acceptors (Lipinski definition) is 2. The zero-order valence-corrected chi connectivity index (χ0v) is 8.14. The van der Waals surface area contributed by atoms with Gasteiger partial charge in [0.15, 0.2) is 0 Å². The van der Waals surface area contributed by atoms with Crippen molar-refractivity contribution in [2.75, 3.05) is 0 Å². The summed E-state index contributed by atoms with van der Waals surface area (Å²) in [5.74, 6) is 0.128. The molecule has 74 valence electrons. The predicted octanol–water partition coefficient (Wildman–Crippen LogP) is 2.60. The minimum atomic E-state index is -0.665. The van der Waals surface area contributed by atoms with E-state index in [0.717, 1.165) is 5.56 Å². The minimum Gasteiger partial charge on any atom is -0.264 e. The van der Waals surface area contributed by atoms with Crippen molar-refractivity contribution in [3.8, 4) is 0 Å². The van der Waals surface area contributed by atoms with Gasteiger partial charge < -0.3 is 0 Å². The van der Waals surface area contributed by atoms with Crippen LogP contribution in [0.1, 0.15) is 31.2 Å². The topological polar surface area (TPSA) is 43.1 Å². The maximum absolute atomic E-state index is 10.9. The van der Waals surface area contributed by atoms with E-state index in [1.165, 1.54) is 0 Å². The number of nitro groups is 1. The van der Waals surface area contributed by atoms with Gasteiger partial charge in [-0.2, -0.15) is 0 Å². The van der Waals surface area contributed by atoms with Crippen molar-refractivity contribution >= 4 is 0 Å². The third kappa shape index (κ3) is 1.20. The van der Waals surface area contributed by atoms with Gasteiger partial charge in [-0.1, -0.05) is 37.3 Å². The van der Waals surface area contributed by atoms with Crippen molar-refractivity contribution in [1.29, 1.82) is 0 Å². The first-order valence-corrected chi connectivity index (χ1v) is 4.90. The van der Waals surface area contributed by atoms with Crippen molar-refractivity contribution < 1.29 is 4.92 Å². The van der Waals surface area contributed by atoms with E-state index in [-0.39, 0.29) is 10.8 Å². The Morgan fingerprint density at radius 1 is 1.50 bits per heavy atom. The lowest BCUT2D eigenvalue weighted by Crippen LogP contribution is -2.22. The van der Waals surface area contributed by atoms with Crippen LogP contribution in [0.25, 0.3) is 0 Å². The van der Waals surface area contributed by atoms with Gasteiger partial charge in [-0.05, 0) is 5.56 Å². The maximum Gasteiger partial charge on any atom is 0.229 e. The first kappa shape index (κ1) is 9.19. The molecular formula is C11H13NO2. The molecule has 1 aromatic carbocycles. The summed E-state index contributed by atoms with van der Waals surface area (Å²) >= 11 is 0. The molecule has 0 amide bonds. The molecule has 1 aliphatic rings. The van der Waals surface area contributed by atoms with Crippen molar-refractivity contribution in [2.24, 2.45) is 0 Å². The highest BCUT2D eigenvalue weighted by atomic mass is 16.6. The molecule has 3 heteroatoms. The summed E-state index contributed by atoms with van der Waals surface area (Å²) < 4.78 is 0. The van der Waals surface area contributed by atoms with Crippen LogP contribution in [0.5, 0.6) is 0 Å². The van der Waals surface area contributed by atoms with Gasteiger partial charge in [0.25, 0.3) is 0 Å². The van der Waals surface area contributed by atoms with Crippen LogP contribution < -0.4 is 0 Å². The van der Waals surface area contributed by atoms with Gasteiger partial charge in [-0.15, -0.1) is 0 Å². The van der Waals surface area contributed by atoms with Gasteiger partial charge in [0.1, 0.15) is 0 Å². The number of benzene rings is 1. The first-order chi connectivity index (χ1) is 6.70. The summed E-state index contributed by atoms with van der Waals surface area (Å²) in [6.45, 7) is 1.89. The molecule has 14 heavy (non-hydrogen) atoms. The predicted molar refractivity (Wildman–Crippen MR) is 53.8 cm³/mol. The summed E-state index contributed by atoms with van der Waals surface area (Å²) in [5.41, 5.74) is 0.438. The molecule has 0 aliphatic heterocycles. The van der Waals surface area contributed by atoms with Crippen LogP contribution in [0.15, 0.2) is 30.3 Å². The highest BCUT2D eigenvalue weighted by Gasteiger charge is 2.65. The summed E-state index contributed by atoms with van der Waals surface area (Å²) in [4.78, 5) is 10.8. The molecule has 2 atom stereocenters. The van der Waals surface area contributed by atoms with E-state index in [4.69, 9.17) is 0 Å². The van der Waals surface area contributed by atoms with Crippen LogP contribution in [-0.4, -0.2) is 10.5 Å². The lowest BCUT2D eigenvalue weighted by Gasteiger charge is -2.05. The van der Waals surface area contributed by atoms with Crippen molar-refractivity contribution in [1.82, 2.24) is 0 Å². The SMILES string of the molecule is CCC1([N+](=O)[O-])CC1c1ccccc1. The molecule has 1 aromatic rings. The average molecular weight is 191 g/mol. The Bertz CT molecular complexity index is 350. The van der Waals surface area contributed by atoms with Crippen LogP contribution in [-0.2, 0) is 0 Å². The first-order valence-electron chi connectivity index (χ1n) is 4.90. The van der Waals surface area contributed by atoms with E-state index in [0.29, 0.717) is 12.8 Å². The van der Waals surface area contributed by atoms with Crippen LogP contribution >= 0.6 is 0 Å². The molecule has 0 bridgehead atoms. The van der Waals surface area contributed by atoms with Gasteiger partial charge in [0.2, 0.25) is 5.54 Å². The molecule has 0 heterocycles. The zero-order chi connectivity index (χ0) is 10.2. The van der Waals surface area contributed by atoms with Crippen molar-refractivity contribution in [3.05, 3.63) is 46.0 Å². The van der Waals surface area contributed by atoms with Crippen molar-refractivity contribution in [3.63, 3.8) is 0 Å².